The number of hydrogen-bond acceptors (Lipinski definition) is 7. The standard InChI is InChI=1S/C19H29NO3.C10H16O4S/c1-12(2)7-14-11-20-6-5-13-8-18(22-3)19(23-4)9-15(13)16(20)10-17(14)21;1-9(2)7-3-4-10(9,8(11)5-7)6-15(12,13)14/h8-9,12,14,16-17,21H,5-7,10-11H2,1-4H3;7H,3-6H2,1-2H3,(H,12,13,14)/t14-,16-,17-;7-,10-/m11/s1. The molecule has 2 bridgehead atoms. The SMILES string of the molecule is CC1(C)[C@@H]2CC[C@@]1(CS(=O)(=O)O)C(=O)C2.COc1cc2c(cc1OC)[C@H]1C[C@@H](O)[C@H](CC(C)C)CN1CC2. The second-order valence-corrected chi connectivity index (χ2v) is 14.2. The number of carbonyl (C=O) groups is 1. The second-order valence-electron chi connectivity index (χ2n) is 12.8. The van der Waals surface area contributed by atoms with E-state index in [4.69, 9.17) is 14.0 Å². The average molecular weight is 552 g/mol. The summed E-state index contributed by atoms with van der Waals surface area (Å²) in [4.78, 5) is 14.4. The van der Waals surface area contributed by atoms with Crippen molar-refractivity contribution >= 4 is 15.9 Å². The Labute approximate surface area is 227 Å². The highest BCUT2D eigenvalue weighted by atomic mass is 32.2. The van der Waals surface area contributed by atoms with Gasteiger partial charge < -0.3 is 14.6 Å². The van der Waals surface area contributed by atoms with E-state index in [1.165, 1.54) is 11.1 Å². The van der Waals surface area contributed by atoms with E-state index in [0.717, 1.165) is 50.3 Å². The van der Waals surface area contributed by atoms with Gasteiger partial charge in [-0.1, -0.05) is 27.7 Å². The van der Waals surface area contributed by atoms with Crippen molar-refractivity contribution in [3.05, 3.63) is 23.3 Å². The Hall–Kier alpha value is -1.68. The van der Waals surface area contributed by atoms with Crippen LogP contribution in [0.4, 0.5) is 0 Å². The van der Waals surface area contributed by atoms with Crippen LogP contribution < -0.4 is 9.47 Å². The van der Waals surface area contributed by atoms with E-state index in [-0.39, 0.29) is 23.2 Å². The largest absolute Gasteiger partial charge is 0.493 e. The van der Waals surface area contributed by atoms with Crippen LogP contribution in [0.5, 0.6) is 11.5 Å². The lowest BCUT2D eigenvalue weighted by Gasteiger charge is -2.46. The van der Waals surface area contributed by atoms with Gasteiger partial charge in [-0.25, -0.2) is 0 Å². The van der Waals surface area contributed by atoms with Crippen LogP contribution in [0.3, 0.4) is 0 Å². The molecule has 0 unspecified atom stereocenters. The molecule has 0 aromatic heterocycles. The molecule has 1 saturated heterocycles. The molecule has 38 heavy (non-hydrogen) atoms. The summed E-state index contributed by atoms with van der Waals surface area (Å²) in [7, 11) is -0.716. The fourth-order valence-electron chi connectivity index (χ4n) is 7.68. The van der Waals surface area contributed by atoms with Crippen molar-refractivity contribution in [3.8, 4) is 11.5 Å². The zero-order valence-electron chi connectivity index (χ0n) is 23.7. The summed E-state index contributed by atoms with van der Waals surface area (Å²) in [6, 6.07) is 4.52. The van der Waals surface area contributed by atoms with Crippen molar-refractivity contribution in [1.82, 2.24) is 4.90 Å². The lowest BCUT2D eigenvalue weighted by molar-refractivity contribution is -0.128. The Balaban J connectivity index is 0.000000194. The Bertz CT molecular complexity index is 1150. The molecule has 214 valence electrons. The van der Waals surface area contributed by atoms with Crippen LogP contribution in [0.25, 0.3) is 0 Å². The van der Waals surface area contributed by atoms with Gasteiger partial charge in [-0.05, 0) is 78.5 Å². The highest BCUT2D eigenvalue weighted by Crippen LogP contribution is 2.64. The topological polar surface area (TPSA) is 113 Å². The van der Waals surface area contributed by atoms with Crippen molar-refractivity contribution in [3.63, 3.8) is 0 Å². The third kappa shape index (κ3) is 5.36. The zero-order valence-corrected chi connectivity index (χ0v) is 24.5. The fraction of sp³-hybridized carbons (Fsp3) is 0.759. The lowest BCUT2D eigenvalue weighted by atomic mass is 9.70. The highest BCUT2D eigenvalue weighted by molar-refractivity contribution is 7.85. The molecule has 3 fully saturated rings. The first-order valence-electron chi connectivity index (χ1n) is 13.9. The van der Waals surface area contributed by atoms with Gasteiger partial charge in [-0.15, -0.1) is 0 Å². The summed E-state index contributed by atoms with van der Waals surface area (Å²) in [5.41, 5.74) is 1.51. The van der Waals surface area contributed by atoms with Crippen LogP contribution in [0, 0.1) is 28.6 Å². The monoisotopic (exact) mass is 551 g/mol. The lowest BCUT2D eigenvalue weighted by Crippen LogP contribution is -2.48. The molecule has 0 amide bonds. The van der Waals surface area contributed by atoms with Gasteiger partial charge in [-0.2, -0.15) is 8.42 Å². The van der Waals surface area contributed by atoms with Crippen LogP contribution in [-0.4, -0.2) is 67.9 Å². The van der Waals surface area contributed by atoms with E-state index in [1.54, 1.807) is 14.2 Å². The molecule has 2 aliphatic heterocycles. The molecule has 1 aromatic rings. The predicted molar refractivity (Wildman–Crippen MR) is 146 cm³/mol. The molecule has 8 nitrogen and oxygen atoms in total. The Morgan fingerprint density at radius 3 is 2.34 bits per heavy atom. The van der Waals surface area contributed by atoms with E-state index < -0.39 is 21.3 Å². The first-order valence-corrected chi connectivity index (χ1v) is 15.5. The van der Waals surface area contributed by atoms with E-state index >= 15 is 0 Å². The van der Waals surface area contributed by atoms with E-state index in [0.29, 0.717) is 30.7 Å². The molecule has 2 aliphatic carbocycles. The number of hydrogen-bond donors (Lipinski definition) is 2. The van der Waals surface area contributed by atoms with Gasteiger partial charge in [0.15, 0.2) is 11.5 Å². The number of Topliss-reactive ketones (excluding diaryl/α,β-unsaturated/α-hetero) is 1. The second kappa shape index (κ2) is 10.7. The number of methoxy groups -OCH3 is 2. The number of rotatable bonds is 6. The zero-order chi connectivity index (χ0) is 28.0. The number of aliphatic hydroxyl groups excluding tert-OH is 1. The van der Waals surface area contributed by atoms with Crippen molar-refractivity contribution < 1.29 is 32.3 Å². The minimum atomic E-state index is -4.08. The van der Waals surface area contributed by atoms with Crippen molar-refractivity contribution in [2.45, 2.75) is 78.4 Å². The van der Waals surface area contributed by atoms with Crippen LogP contribution in [0.2, 0.25) is 0 Å². The molecule has 4 aliphatic rings. The van der Waals surface area contributed by atoms with Crippen LogP contribution >= 0.6 is 0 Å². The van der Waals surface area contributed by atoms with Crippen molar-refractivity contribution in [1.29, 1.82) is 0 Å². The number of aliphatic hydroxyl groups is 1. The average Bonchev–Trinajstić information content (AvgIpc) is 3.17. The molecule has 0 radical (unpaired) electrons. The third-order valence-corrected chi connectivity index (χ3v) is 10.8. The summed E-state index contributed by atoms with van der Waals surface area (Å²) < 4.78 is 41.9. The number of piperidine rings is 1. The summed E-state index contributed by atoms with van der Waals surface area (Å²) in [5.74, 6) is 2.51. The molecule has 5 atom stereocenters. The normalized spacial score (nSPS) is 31.9. The summed E-state index contributed by atoms with van der Waals surface area (Å²) in [5, 5.41) is 10.6. The third-order valence-electron chi connectivity index (χ3n) is 9.93. The molecular formula is C29H45NO7S. The van der Waals surface area contributed by atoms with Gasteiger partial charge in [0.25, 0.3) is 10.1 Å². The molecular weight excluding hydrogens is 506 g/mol. The van der Waals surface area contributed by atoms with Gasteiger partial charge >= 0.3 is 0 Å². The molecule has 2 heterocycles. The molecule has 0 spiro atoms. The van der Waals surface area contributed by atoms with Crippen molar-refractivity contribution in [2.24, 2.45) is 28.6 Å². The first-order chi connectivity index (χ1) is 17.7. The minimum Gasteiger partial charge on any atom is -0.493 e. The molecule has 9 heteroatoms. The first kappa shape index (κ1) is 29.3. The van der Waals surface area contributed by atoms with Gasteiger partial charge in [0.05, 0.1) is 31.5 Å². The molecule has 5 rings (SSSR count). The fourth-order valence-corrected chi connectivity index (χ4v) is 8.98. The Morgan fingerprint density at radius 2 is 1.82 bits per heavy atom. The maximum Gasteiger partial charge on any atom is 0.265 e. The molecule has 2 saturated carbocycles. The summed E-state index contributed by atoms with van der Waals surface area (Å²) >= 11 is 0. The number of benzene rings is 1. The number of ketones is 1. The van der Waals surface area contributed by atoms with Gasteiger partial charge in [0, 0.05) is 25.6 Å². The van der Waals surface area contributed by atoms with E-state index in [2.05, 4.69) is 30.9 Å². The van der Waals surface area contributed by atoms with Gasteiger partial charge in [0.2, 0.25) is 0 Å². The molecule has 1 aromatic carbocycles. The highest BCUT2D eigenvalue weighted by Gasteiger charge is 2.65. The summed E-state index contributed by atoms with van der Waals surface area (Å²) in [6.07, 6.45) is 4.72. The van der Waals surface area contributed by atoms with Crippen molar-refractivity contribution in [2.75, 3.05) is 33.1 Å². The van der Waals surface area contributed by atoms with E-state index in [9.17, 15) is 18.3 Å². The number of fused-ring (bicyclic) bond motifs is 5. The predicted octanol–water partition coefficient (Wildman–Crippen LogP) is 4.30. The van der Waals surface area contributed by atoms with Gasteiger partial charge in [-0.3, -0.25) is 14.2 Å². The number of ether oxygens (including phenoxy) is 2. The van der Waals surface area contributed by atoms with Crippen LogP contribution in [-0.2, 0) is 21.3 Å². The Kier molecular flexibility index (Phi) is 8.26. The van der Waals surface area contributed by atoms with Crippen LogP contribution in [0.15, 0.2) is 12.1 Å². The number of carbonyl (C=O) groups excluding carboxylic acids is 1. The maximum absolute atomic E-state index is 11.9. The van der Waals surface area contributed by atoms with E-state index in [1.807, 2.05) is 13.8 Å². The number of nitrogens with zero attached hydrogens (tertiary/aromatic N) is 1. The summed E-state index contributed by atoms with van der Waals surface area (Å²) in [6.45, 7) is 10.4. The quantitative estimate of drug-likeness (QED) is 0.503. The minimum absolute atomic E-state index is 0.0152. The van der Waals surface area contributed by atoms with Gasteiger partial charge in [0.1, 0.15) is 5.78 Å². The maximum atomic E-state index is 11.9. The smallest absolute Gasteiger partial charge is 0.265 e. The van der Waals surface area contributed by atoms with Crippen LogP contribution in [0.1, 0.15) is 77.0 Å². The Morgan fingerprint density at radius 1 is 1.16 bits per heavy atom. The molecule has 2 N–H and O–H groups in total.